The van der Waals surface area contributed by atoms with Gasteiger partial charge in [0.2, 0.25) is 0 Å². The van der Waals surface area contributed by atoms with E-state index < -0.39 is 11.6 Å². The van der Waals surface area contributed by atoms with Crippen LogP contribution in [0.1, 0.15) is 37.7 Å². The molecule has 1 aliphatic carbocycles. The van der Waals surface area contributed by atoms with Crippen molar-refractivity contribution in [2.24, 2.45) is 5.73 Å². The maximum absolute atomic E-state index is 13.4. The van der Waals surface area contributed by atoms with Crippen LogP contribution in [0.2, 0.25) is 0 Å². The van der Waals surface area contributed by atoms with E-state index in [0.29, 0.717) is 5.56 Å². The zero-order valence-electron chi connectivity index (χ0n) is 10.4. The van der Waals surface area contributed by atoms with Gasteiger partial charge in [-0.05, 0) is 18.9 Å². The van der Waals surface area contributed by atoms with Gasteiger partial charge in [0.1, 0.15) is 11.6 Å². The molecule has 1 fully saturated rings. The molecule has 1 saturated carbocycles. The third-order valence-corrected chi connectivity index (χ3v) is 3.47. The number of rotatable bonds is 3. The van der Waals surface area contributed by atoms with Crippen LogP contribution in [0.15, 0.2) is 18.2 Å². The molecule has 0 aromatic heterocycles. The Hall–Kier alpha value is -1.00. The van der Waals surface area contributed by atoms with Gasteiger partial charge < -0.3 is 10.5 Å². The standard InChI is InChI=1S/C14H19F2NO/c15-11-7-6-10(12(16)8-11)9-18-14-5-3-1-2-4-13(14)17/h6-8,13-14H,1-5,9,17H2. The summed E-state index contributed by atoms with van der Waals surface area (Å²) >= 11 is 0. The SMILES string of the molecule is NC1CCCCCC1OCc1ccc(F)cc1F. The predicted octanol–water partition coefficient (Wildman–Crippen LogP) is 3.14. The van der Waals surface area contributed by atoms with Crippen LogP contribution in [0.5, 0.6) is 0 Å². The summed E-state index contributed by atoms with van der Waals surface area (Å²) in [6.07, 6.45) is 5.27. The van der Waals surface area contributed by atoms with Crippen LogP contribution in [0.4, 0.5) is 8.78 Å². The fourth-order valence-electron chi connectivity index (χ4n) is 2.34. The molecule has 0 heterocycles. The van der Waals surface area contributed by atoms with Gasteiger partial charge in [-0.25, -0.2) is 8.78 Å². The van der Waals surface area contributed by atoms with E-state index in [1.165, 1.54) is 18.6 Å². The first-order valence-corrected chi connectivity index (χ1v) is 6.48. The number of halogens is 2. The van der Waals surface area contributed by atoms with Crippen LogP contribution in [-0.2, 0) is 11.3 Å². The topological polar surface area (TPSA) is 35.2 Å². The van der Waals surface area contributed by atoms with Crippen LogP contribution < -0.4 is 5.73 Å². The molecule has 1 aromatic carbocycles. The number of ether oxygens (including phenoxy) is 1. The van der Waals surface area contributed by atoms with Crippen LogP contribution in [-0.4, -0.2) is 12.1 Å². The smallest absolute Gasteiger partial charge is 0.131 e. The fourth-order valence-corrected chi connectivity index (χ4v) is 2.34. The lowest BCUT2D eigenvalue weighted by Crippen LogP contribution is -2.35. The summed E-state index contributed by atoms with van der Waals surface area (Å²) < 4.78 is 31.9. The van der Waals surface area contributed by atoms with E-state index in [1.54, 1.807) is 0 Å². The molecule has 1 aliphatic rings. The maximum Gasteiger partial charge on any atom is 0.131 e. The van der Waals surface area contributed by atoms with Crippen molar-refractivity contribution in [3.8, 4) is 0 Å². The maximum atomic E-state index is 13.4. The van der Waals surface area contributed by atoms with Gasteiger partial charge in [0.15, 0.2) is 0 Å². The van der Waals surface area contributed by atoms with Gasteiger partial charge in [-0.15, -0.1) is 0 Å². The van der Waals surface area contributed by atoms with Crippen molar-refractivity contribution in [1.82, 2.24) is 0 Å². The lowest BCUT2D eigenvalue weighted by Gasteiger charge is -2.22. The molecule has 2 nitrogen and oxygen atoms in total. The molecule has 0 amide bonds. The van der Waals surface area contributed by atoms with Crippen molar-refractivity contribution in [2.75, 3.05) is 0 Å². The molecule has 2 atom stereocenters. The van der Waals surface area contributed by atoms with Crippen LogP contribution in [0.25, 0.3) is 0 Å². The second-order valence-electron chi connectivity index (χ2n) is 4.89. The molecule has 0 radical (unpaired) electrons. The van der Waals surface area contributed by atoms with E-state index in [9.17, 15) is 8.78 Å². The molecule has 1 aromatic rings. The van der Waals surface area contributed by atoms with Gasteiger partial charge >= 0.3 is 0 Å². The molecule has 2 N–H and O–H groups in total. The molecule has 2 unspecified atom stereocenters. The van der Waals surface area contributed by atoms with E-state index in [0.717, 1.165) is 31.7 Å². The number of hydrogen-bond donors (Lipinski definition) is 1. The van der Waals surface area contributed by atoms with E-state index in [4.69, 9.17) is 10.5 Å². The Morgan fingerprint density at radius 2 is 1.94 bits per heavy atom. The number of benzene rings is 1. The average molecular weight is 255 g/mol. The summed E-state index contributed by atoms with van der Waals surface area (Å²) in [5.41, 5.74) is 6.41. The minimum absolute atomic E-state index is 0.0167. The fraction of sp³-hybridized carbons (Fsp3) is 0.571. The summed E-state index contributed by atoms with van der Waals surface area (Å²) in [5, 5.41) is 0. The molecule has 2 rings (SSSR count). The van der Waals surface area contributed by atoms with Gasteiger partial charge in [-0.1, -0.05) is 25.3 Å². The minimum atomic E-state index is -0.567. The molecule has 0 bridgehead atoms. The van der Waals surface area contributed by atoms with Crippen molar-refractivity contribution in [2.45, 2.75) is 50.9 Å². The summed E-state index contributed by atoms with van der Waals surface area (Å²) in [4.78, 5) is 0. The summed E-state index contributed by atoms with van der Waals surface area (Å²) in [6.45, 7) is 0.157. The molecule has 18 heavy (non-hydrogen) atoms. The van der Waals surface area contributed by atoms with Gasteiger partial charge in [0.05, 0.1) is 12.7 Å². The molecule has 0 saturated heterocycles. The number of nitrogens with two attached hydrogens (primary N) is 1. The third kappa shape index (κ3) is 3.50. The average Bonchev–Trinajstić information content (AvgIpc) is 2.53. The molecular formula is C14H19F2NO. The van der Waals surface area contributed by atoms with E-state index >= 15 is 0 Å². The van der Waals surface area contributed by atoms with E-state index in [2.05, 4.69) is 0 Å². The molecule has 0 spiro atoms. The van der Waals surface area contributed by atoms with Gasteiger partial charge in [-0.2, -0.15) is 0 Å². The van der Waals surface area contributed by atoms with Crippen molar-refractivity contribution in [1.29, 1.82) is 0 Å². The van der Waals surface area contributed by atoms with Crippen LogP contribution in [0, 0.1) is 11.6 Å². The lowest BCUT2D eigenvalue weighted by molar-refractivity contribution is 0.0181. The Labute approximate surface area is 106 Å². The zero-order chi connectivity index (χ0) is 13.0. The van der Waals surface area contributed by atoms with E-state index in [-0.39, 0.29) is 18.8 Å². The highest BCUT2D eigenvalue weighted by atomic mass is 19.1. The Kier molecular flexibility index (Phi) is 4.66. The second-order valence-corrected chi connectivity index (χ2v) is 4.89. The largest absolute Gasteiger partial charge is 0.372 e. The monoisotopic (exact) mass is 255 g/mol. The zero-order valence-corrected chi connectivity index (χ0v) is 10.4. The molecule has 4 heteroatoms. The molecule has 100 valence electrons. The highest BCUT2D eigenvalue weighted by molar-refractivity contribution is 5.17. The summed E-state index contributed by atoms with van der Waals surface area (Å²) in [5.74, 6) is -1.13. The van der Waals surface area contributed by atoms with E-state index in [1.807, 2.05) is 0 Å². The second kappa shape index (κ2) is 6.25. The van der Waals surface area contributed by atoms with Crippen LogP contribution >= 0.6 is 0 Å². The Morgan fingerprint density at radius 1 is 1.17 bits per heavy atom. The highest BCUT2D eigenvalue weighted by Gasteiger charge is 2.21. The van der Waals surface area contributed by atoms with Crippen molar-refractivity contribution >= 4 is 0 Å². The van der Waals surface area contributed by atoms with Gasteiger partial charge in [0, 0.05) is 17.7 Å². The predicted molar refractivity (Wildman–Crippen MR) is 66.0 cm³/mol. The number of hydrogen-bond acceptors (Lipinski definition) is 2. The van der Waals surface area contributed by atoms with Gasteiger partial charge in [-0.3, -0.25) is 0 Å². The summed E-state index contributed by atoms with van der Waals surface area (Å²) in [7, 11) is 0. The minimum Gasteiger partial charge on any atom is -0.372 e. The normalized spacial score (nSPS) is 24.8. The molecular weight excluding hydrogens is 236 g/mol. The first-order chi connectivity index (χ1) is 8.66. The van der Waals surface area contributed by atoms with Gasteiger partial charge in [0.25, 0.3) is 0 Å². The Morgan fingerprint density at radius 3 is 2.72 bits per heavy atom. The highest BCUT2D eigenvalue weighted by Crippen LogP contribution is 2.21. The van der Waals surface area contributed by atoms with Crippen molar-refractivity contribution < 1.29 is 13.5 Å². The van der Waals surface area contributed by atoms with Crippen molar-refractivity contribution in [3.05, 3.63) is 35.4 Å². The lowest BCUT2D eigenvalue weighted by atomic mass is 10.1. The van der Waals surface area contributed by atoms with Crippen LogP contribution in [0.3, 0.4) is 0 Å². The Bertz CT molecular complexity index is 397. The van der Waals surface area contributed by atoms with Crippen molar-refractivity contribution in [3.63, 3.8) is 0 Å². The molecule has 0 aliphatic heterocycles. The summed E-state index contributed by atoms with van der Waals surface area (Å²) in [6, 6.07) is 3.57. The first kappa shape index (κ1) is 13.4. The third-order valence-electron chi connectivity index (χ3n) is 3.47. The Balaban J connectivity index is 1.93. The quantitative estimate of drug-likeness (QED) is 0.842. The first-order valence-electron chi connectivity index (χ1n) is 6.48.